The second-order valence-corrected chi connectivity index (χ2v) is 7.37. The molecule has 2 rings (SSSR count). The Balaban J connectivity index is 2.05. The van der Waals surface area contributed by atoms with Crippen LogP contribution in [0.2, 0.25) is 0 Å². The molecule has 1 aliphatic carbocycles. The first-order valence-electron chi connectivity index (χ1n) is 5.83. The fourth-order valence-electron chi connectivity index (χ4n) is 1.98. The maximum atomic E-state index is 12.0. The molecule has 2 N–H and O–H groups in total. The molecule has 0 aliphatic heterocycles. The molecule has 1 unspecified atom stereocenters. The SMILES string of the molecule is Cc1[nH]c(=O)sc1S(=O)(=O)NCC1CC=CCC1. The van der Waals surface area contributed by atoms with Crippen molar-refractivity contribution in [1.82, 2.24) is 9.71 Å². The van der Waals surface area contributed by atoms with Gasteiger partial charge in [-0.25, -0.2) is 13.1 Å². The van der Waals surface area contributed by atoms with Crippen molar-refractivity contribution < 1.29 is 8.42 Å². The van der Waals surface area contributed by atoms with Gasteiger partial charge in [-0.1, -0.05) is 23.5 Å². The number of thiazole rings is 1. The highest BCUT2D eigenvalue weighted by Crippen LogP contribution is 2.19. The van der Waals surface area contributed by atoms with Gasteiger partial charge < -0.3 is 4.98 Å². The highest BCUT2D eigenvalue weighted by molar-refractivity contribution is 7.91. The van der Waals surface area contributed by atoms with Gasteiger partial charge in [0, 0.05) is 12.2 Å². The minimum absolute atomic E-state index is 0.0962. The molecule has 1 aliphatic rings. The molecule has 1 heterocycles. The van der Waals surface area contributed by atoms with Crippen LogP contribution in [0, 0.1) is 12.8 Å². The maximum absolute atomic E-state index is 12.0. The van der Waals surface area contributed by atoms with Crippen LogP contribution in [0.3, 0.4) is 0 Å². The van der Waals surface area contributed by atoms with E-state index in [2.05, 4.69) is 21.9 Å². The molecule has 0 bridgehead atoms. The second kappa shape index (κ2) is 5.38. The molecule has 5 nitrogen and oxygen atoms in total. The first-order chi connectivity index (χ1) is 8.49. The number of aryl methyl sites for hydroxylation is 1. The van der Waals surface area contributed by atoms with Gasteiger partial charge in [0.15, 0.2) is 4.21 Å². The number of hydrogen-bond donors (Lipinski definition) is 2. The van der Waals surface area contributed by atoms with Gasteiger partial charge in [-0.05, 0) is 32.1 Å². The Labute approximate surface area is 110 Å². The fraction of sp³-hybridized carbons (Fsp3) is 0.545. The zero-order valence-electron chi connectivity index (χ0n) is 10.1. The van der Waals surface area contributed by atoms with Crippen molar-refractivity contribution in [1.29, 1.82) is 0 Å². The third-order valence-electron chi connectivity index (χ3n) is 2.96. The number of nitrogens with one attached hydrogen (secondary N) is 2. The van der Waals surface area contributed by atoms with Crippen molar-refractivity contribution in [3.63, 3.8) is 0 Å². The van der Waals surface area contributed by atoms with E-state index in [1.807, 2.05) is 0 Å². The van der Waals surface area contributed by atoms with Crippen LogP contribution in [0.4, 0.5) is 0 Å². The van der Waals surface area contributed by atoms with E-state index >= 15 is 0 Å². The average molecular weight is 288 g/mol. The van der Waals surface area contributed by atoms with Crippen LogP contribution in [0.5, 0.6) is 0 Å². The molecule has 100 valence electrons. The Morgan fingerprint density at radius 3 is 2.83 bits per heavy atom. The Kier molecular flexibility index (Phi) is 4.04. The van der Waals surface area contributed by atoms with Crippen molar-refractivity contribution in [2.75, 3.05) is 6.54 Å². The Morgan fingerprint density at radius 2 is 2.28 bits per heavy atom. The van der Waals surface area contributed by atoms with Crippen LogP contribution in [0.15, 0.2) is 21.2 Å². The summed E-state index contributed by atoms with van der Waals surface area (Å²) in [6.45, 7) is 2.02. The molecule has 0 aromatic carbocycles. The molecule has 0 saturated carbocycles. The lowest BCUT2D eigenvalue weighted by atomic mass is 9.95. The van der Waals surface area contributed by atoms with Gasteiger partial charge in [0.05, 0.1) is 0 Å². The number of allylic oxidation sites excluding steroid dienone is 2. The van der Waals surface area contributed by atoms with E-state index in [-0.39, 0.29) is 9.08 Å². The van der Waals surface area contributed by atoms with Crippen molar-refractivity contribution >= 4 is 21.4 Å². The van der Waals surface area contributed by atoms with E-state index in [0.29, 0.717) is 18.2 Å². The lowest BCUT2D eigenvalue weighted by Crippen LogP contribution is -2.29. The normalized spacial score (nSPS) is 20.2. The summed E-state index contributed by atoms with van der Waals surface area (Å²) in [7, 11) is -3.56. The van der Waals surface area contributed by atoms with Gasteiger partial charge in [-0.15, -0.1) is 0 Å². The van der Waals surface area contributed by atoms with Crippen LogP contribution >= 0.6 is 11.3 Å². The molecule has 1 aromatic rings. The number of H-pyrrole nitrogens is 1. The van der Waals surface area contributed by atoms with Crippen molar-refractivity contribution in [2.24, 2.45) is 5.92 Å². The van der Waals surface area contributed by atoms with Crippen molar-refractivity contribution in [2.45, 2.75) is 30.4 Å². The number of aromatic amines is 1. The van der Waals surface area contributed by atoms with Crippen LogP contribution < -0.4 is 9.60 Å². The van der Waals surface area contributed by atoms with Gasteiger partial charge in [-0.3, -0.25) is 4.79 Å². The zero-order chi connectivity index (χ0) is 13.2. The molecule has 0 spiro atoms. The maximum Gasteiger partial charge on any atom is 0.305 e. The molecule has 1 atom stereocenters. The highest BCUT2D eigenvalue weighted by Gasteiger charge is 2.21. The highest BCUT2D eigenvalue weighted by atomic mass is 32.2. The zero-order valence-corrected chi connectivity index (χ0v) is 11.7. The molecule has 7 heteroatoms. The Bertz CT molecular complexity index is 598. The lowest BCUT2D eigenvalue weighted by Gasteiger charge is -2.17. The van der Waals surface area contributed by atoms with E-state index in [9.17, 15) is 13.2 Å². The molecule has 0 radical (unpaired) electrons. The summed E-state index contributed by atoms with van der Waals surface area (Å²) >= 11 is 0.732. The quantitative estimate of drug-likeness (QED) is 0.822. The standard InChI is InChI=1S/C11H16N2O3S2/c1-8-10(17-11(14)13-8)18(15,16)12-7-9-5-3-2-4-6-9/h2-3,9,12H,4-7H2,1H3,(H,13,14). The Hall–Kier alpha value is -0.920. The minimum Gasteiger partial charge on any atom is -0.315 e. The first-order valence-corrected chi connectivity index (χ1v) is 8.13. The average Bonchev–Trinajstić information content (AvgIpc) is 2.68. The topological polar surface area (TPSA) is 79.0 Å². The van der Waals surface area contributed by atoms with E-state index in [0.717, 1.165) is 30.6 Å². The summed E-state index contributed by atoms with van der Waals surface area (Å²) < 4.78 is 26.7. The van der Waals surface area contributed by atoms with Crippen LogP contribution in [0.25, 0.3) is 0 Å². The summed E-state index contributed by atoms with van der Waals surface area (Å²) in [4.78, 5) is 13.3. The van der Waals surface area contributed by atoms with Crippen molar-refractivity contribution in [3.8, 4) is 0 Å². The summed E-state index contributed by atoms with van der Waals surface area (Å²) in [6.07, 6.45) is 7.12. The largest absolute Gasteiger partial charge is 0.315 e. The third-order valence-corrected chi connectivity index (χ3v) is 5.99. The first kappa shape index (κ1) is 13.5. The number of sulfonamides is 1. The van der Waals surface area contributed by atoms with Crippen LogP contribution in [0.1, 0.15) is 25.0 Å². The van der Waals surface area contributed by atoms with Gasteiger partial charge in [0.2, 0.25) is 0 Å². The minimum atomic E-state index is -3.56. The smallest absolute Gasteiger partial charge is 0.305 e. The van der Waals surface area contributed by atoms with Crippen LogP contribution in [-0.2, 0) is 10.0 Å². The predicted octanol–water partition coefficient (Wildman–Crippen LogP) is 1.38. The summed E-state index contributed by atoms with van der Waals surface area (Å²) in [6, 6.07) is 0. The summed E-state index contributed by atoms with van der Waals surface area (Å²) in [5, 5.41) is 0. The van der Waals surface area contributed by atoms with Crippen molar-refractivity contribution in [3.05, 3.63) is 27.5 Å². The van der Waals surface area contributed by atoms with Crippen LogP contribution in [-0.4, -0.2) is 19.9 Å². The van der Waals surface area contributed by atoms with Gasteiger partial charge >= 0.3 is 4.87 Å². The van der Waals surface area contributed by atoms with E-state index in [4.69, 9.17) is 0 Å². The third kappa shape index (κ3) is 3.09. The van der Waals surface area contributed by atoms with E-state index < -0.39 is 10.0 Å². The Morgan fingerprint density at radius 1 is 1.50 bits per heavy atom. The predicted molar refractivity (Wildman–Crippen MR) is 71.3 cm³/mol. The number of rotatable bonds is 4. The summed E-state index contributed by atoms with van der Waals surface area (Å²) in [5.41, 5.74) is 0.404. The fourth-order valence-corrected chi connectivity index (χ4v) is 4.44. The lowest BCUT2D eigenvalue weighted by molar-refractivity contribution is 0.468. The van der Waals surface area contributed by atoms with E-state index in [1.165, 1.54) is 0 Å². The molecule has 1 aromatic heterocycles. The molecular formula is C11H16N2O3S2. The molecular weight excluding hydrogens is 272 g/mol. The number of aromatic nitrogens is 1. The number of hydrogen-bond acceptors (Lipinski definition) is 4. The molecule has 0 saturated heterocycles. The molecule has 18 heavy (non-hydrogen) atoms. The second-order valence-electron chi connectivity index (χ2n) is 4.43. The van der Waals surface area contributed by atoms with Gasteiger partial charge in [0.25, 0.3) is 10.0 Å². The monoisotopic (exact) mass is 288 g/mol. The van der Waals surface area contributed by atoms with E-state index in [1.54, 1.807) is 6.92 Å². The van der Waals surface area contributed by atoms with Gasteiger partial charge in [0.1, 0.15) is 0 Å². The molecule has 0 amide bonds. The summed E-state index contributed by atoms with van der Waals surface area (Å²) in [5.74, 6) is 0.348. The molecule has 0 fully saturated rings. The van der Waals surface area contributed by atoms with Gasteiger partial charge in [-0.2, -0.15) is 0 Å².